The third-order valence-corrected chi connectivity index (χ3v) is 5.66. The van der Waals surface area contributed by atoms with E-state index in [0.29, 0.717) is 23.0 Å². The zero-order valence-corrected chi connectivity index (χ0v) is 16.1. The molecule has 1 aromatic heterocycles. The van der Waals surface area contributed by atoms with Crippen molar-refractivity contribution in [3.05, 3.63) is 34.1 Å². The second kappa shape index (κ2) is 7.44. The number of hydrogen-bond donors (Lipinski definition) is 1. The summed E-state index contributed by atoms with van der Waals surface area (Å²) < 4.78 is 5.33. The monoisotopic (exact) mass is 393 g/mol. The van der Waals surface area contributed by atoms with Crippen molar-refractivity contribution < 1.29 is 9.45 Å². The molecule has 146 valence electrons. The lowest BCUT2D eigenvalue weighted by Gasteiger charge is -2.34. The molecule has 0 amide bonds. The van der Waals surface area contributed by atoms with Gasteiger partial charge >= 0.3 is 0 Å². The Balaban J connectivity index is 0.00000210. The molecule has 1 aliphatic heterocycles. The molecule has 1 aliphatic carbocycles. The van der Waals surface area contributed by atoms with Crippen molar-refractivity contribution in [2.24, 2.45) is 11.7 Å². The molecule has 1 saturated carbocycles. The van der Waals surface area contributed by atoms with Gasteiger partial charge in [-0.05, 0) is 50.2 Å². The lowest BCUT2D eigenvalue weighted by atomic mass is 9.77. The second-order valence-corrected chi connectivity index (χ2v) is 7.56. The lowest BCUT2D eigenvalue weighted by molar-refractivity contribution is -0.384. The minimum atomic E-state index is -0.516. The van der Waals surface area contributed by atoms with Crippen molar-refractivity contribution in [1.82, 2.24) is 10.1 Å². The molecule has 2 fully saturated rings. The van der Waals surface area contributed by atoms with E-state index in [9.17, 15) is 10.1 Å². The first kappa shape index (κ1) is 19.6. The van der Waals surface area contributed by atoms with Gasteiger partial charge < -0.3 is 15.2 Å². The van der Waals surface area contributed by atoms with Gasteiger partial charge in [-0.2, -0.15) is 4.98 Å². The Morgan fingerprint density at radius 2 is 2.04 bits per heavy atom. The Hall–Kier alpha value is -2.19. The Morgan fingerprint density at radius 1 is 1.33 bits per heavy atom. The average molecular weight is 394 g/mol. The van der Waals surface area contributed by atoms with Gasteiger partial charge in [-0.3, -0.25) is 10.1 Å². The third-order valence-electron chi connectivity index (χ3n) is 5.66. The van der Waals surface area contributed by atoms with Gasteiger partial charge in [0.15, 0.2) is 5.82 Å². The lowest BCUT2D eigenvalue weighted by Crippen LogP contribution is -2.44. The maximum Gasteiger partial charge on any atom is 0.293 e. The van der Waals surface area contributed by atoms with Crippen molar-refractivity contribution in [2.75, 3.05) is 18.0 Å². The molecule has 0 unspecified atom stereocenters. The maximum atomic E-state index is 11.6. The highest BCUT2D eigenvalue weighted by Crippen LogP contribution is 2.39. The summed E-state index contributed by atoms with van der Waals surface area (Å²) in [6.07, 6.45) is 4.81. The number of anilines is 1. The fourth-order valence-electron chi connectivity index (χ4n) is 3.64. The van der Waals surface area contributed by atoms with Crippen LogP contribution in [0.4, 0.5) is 11.4 Å². The highest BCUT2D eigenvalue weighted by molar-refractivity contribution is 5.85. The highest BCUT2D eigenvalue weighted by Gasteiger charge is 2.39. The van der Waals surface area contributed by atoms with Gasteiger partial charge in [0, 0.05) is 24.7 Å². The summed E-state index contributed by atoms with van der Waals surface area (Å²) in [5, 5.41) is 15.6. The van der Waals surface area contributed by atoms with Crippen LogP contribution in [0.3, 0.4) is 0 Å². The number of nitro benzene ring substituents is 1. The number of nitrogens with zero attached hydrogens (tertiary/aromatic N) is 4. The van der Waals surface area contributed by atoms with E-state index >= 15 is 0 Å². The fourth-order valence-corrected chi connectivity index (χ4v) is 3.64. The van der Waals surface area contributed by atoms with Crippen LogP contribution in [0.25, 0.3) is 11.5 Å². The van der Waals surface area contributed by atoms with E-state index in [2.05, 4.69) is 22.0 Å². The van der Waals surface area contributed by atoms with Crippen LogP contribution < -0.4 is 10.6 Å². The Kier molecular flexibility index (Phi) is 5.39. The molecule has 1 saturated heterocycles. The predicted octanol–water partition coefficient (Wildman–Crippen LogP) is 3.64. The number of hydrogen-bond acceptors (Lipinski definition) is 7. The second-order valence-electron chi connectivity index (χ2n) is 7.56. The van der Waals surface area contributed by atoms with Crippen molar-refractivity contribution in [3.8, 4) is 11.5 Å². The molecule has 27 heavy (non-hydrogen) atoms. The van der Waals surface area contributed by atoms with E-state index < -0.39 is 5.54 Å². The molecule has 9 heteroatoms. The zero-order chi connectivity index (χ0) is 18.3. The normalized spacial score (nSPS) is 19.3. The van der Waals surface area contributed by atoms with Gasteiger partial charge in [-0.1, -0.05) is 12.1 Å². The average Bonchev–Trinajstić information content (AvgIpc) is 3.10. The van der Waals surface area contributed by atoms with Crippen molar-refractivity contribution >= 4 is 23.8 Å². The standard InChI is InChI=1S/C18H23N5O3.ClH/c1-12-5-9-22(10-6-12)14-4-3-13(11-15(14)23(24)25)16-20-17(21-26-16)18(19)7-2-8-18;/h3-4,11-12H,2,5-10,19H2,1H3;1H. The molecular weight excluding hydrogens is 370 g/mol. The first-order valence-electron chi connectivity index (χ1n) is 9.13. The van der Waals surface area contributed by atoms with E-state index in [-0.39, 0.29) is 28.9 Å². The van der Waals surface area contributed by atoms with E-state index in [1.165, 1.54) is 6.07 Å². The highest BCUT2D eigenvalue weighted by atomic mass is 35.5. The summed E-state index contributed by atoms with van der Waals surface area (Å²) in [5.41, 5.74) is 6.98. The van der Waals surface area contributed by atoms with Crippen LogP contribution in [-0.2, 0) is 5.54 Å². The number of halogens is 1. The number of nitrogens with two attached hydrogens (primary N) is 1. The molecule has 2 heterocycles. The van der Waals surface area contributed by atoms with Crippen LogP contribution in [0.5, 0.6) is 0 Å². The molecule has 2 aromatic rings. The summed E-state index contributed by atoms with van der Waals surface area (Å²) in [5.74, 6) is 1.42. The number of piperidine rings is 1. The molecule has 1 aromatic carbocycles. The van der Waals surface area contributed by atoms with Gasteiger partial charge in [0.2, 0.25) is 0 Å². The number of nitro groups is 1. The third kappa shape index (κ3) is 3.64. The summed E-state index contributed by atoms with van der Waals surface area (Å²) in [7, 11) is 0. The summed E-state index contributed by atoms with van der Waals surface area (Å²) in [6.45, 7) is 3.89. The van der Waals surface area contributed by atoms with Crippen molar-refractivity contribution in [3.63, 3.8) is 0 Å². The van der Waals surface area contributed by atoms with E-state index in [0.717, 1.165) is 45.2 Å². The molecule has 0 bridgehead atoms. The fraction of sp³-hybridized carbons (Fsp3) is 0.556. The van der Waals surface area contributed by atoms with Crippen LogP contribution in [0.1, 0.15) is 44.9 Å². The molecule has 8 nitrogen and oxygen atoms in total. The van der Waals surface area contributed by atoms with E-state index in [4.69, 9.17) is 10.3 Å². The van der Waals surface area contributed by atoms with Crippen LogP contribution in [0.2, 0.25) is 0 Å². The summed E-state index contributed by atoms with van der Waals surface area (Å²) in [6, 6.07) is 5.12. The number of aromatic nitrogens is 2. The smallest absolute Gasteiger partial charge is 0.293 e. The van der Waals surface area contributed by atoms with Crippen LogP contribution >= 0.6 is 12.4 Å². The van der Waals surface area contributed by atoms with Gasteiger partial charge in [0.1, 0.15) is 5.69 Å². The maximum absolute atomic E-state index is 11.6. The summed E-state index contributed by atoms with van der Waals surface area (Å²) in [4.78, 5) is 17.8. The molecule has 0 spiro atoms. The van der Waals surface area contributed by atoms with Gasteiger partial charge in [-0.15, -0.1) is 12.4 Å². The summed E-state index contributed by atoms with van der Waals surface area (Å²) >= 11 is 0. The van der Waals surface area contributed by atoms with Gasteiger partial charge in [0.25, 0.3) is 11.6 Å². The van der Waals surface area contributed by atoms with Crippen LogP contribution in [0, 0.1) is 16.0 Å². The molecule has 2 N–H and O–H groups in total. The van der Waals surface area contributed by atoms with Crippen LogP contribution in [0.15, 0.2) is 22.7 Å². The van der Waals surface area contributed by atoms with Gasteiger partial charge in [0.05, 0.1) is 10.5 Å². The van der Waals surface area contributed by atoms with E-state index in [1.807, 2.05) is 6.07 Å². The Morgan fingerprint density at radius 3 is 2.63 bits per heavy atom. The Labute approximate surface area is 163 Å². The molecular formula is C18H24ClN5O3. The largest absolute Gasteiger partial charge is 0.366 e. The molecule has 0 atom stereocenters. The predicted molar refractivity (Wildman–Crippen MR) is 104 cm³/mol. The first-order valence-corrected chi connectivity index (χ1v) is 9.13. The Bertz CT molecular complexity index is 828. The molecule has 2 aliphatic rings. The minimum Gasteiger partial charge on any atom is -0.366 e. The minimum absolute atomic E-state index is 0. The number of rotatable bonds is 4. The molecule has 4 rings (SSSR count). The van der Waals surface area contributed by atoms with E-state index in [1.54, 1.807) is 6.07 Å². The SMILES string of the molecule is CC1CCN(c2ccc(-c3nc(C4(N)CCC4)no3)cc2[N+](=O)[O-])CC1.Cl. The zero-order valence-electron chi connectivity index (χ0n) is 15.3. The van der Waals surface area contributed by atoms with Crippen LogP contribution in [-0.4, -0.2) is 28.2 Å². The van der Waals surface area contributed by atoms with Crippen molar-refractivity contribution in [2.45, 2.75) is 44.6 Å². The first-order chi connectivity index (χ1) is 12.5. The van der Waals surface area contributed by atoms with Crippen molar-refractivity contribution in [1.29, 1.82) is 0 Å². The molecule has 0 radical (unpaired) electrons. The number of benzene rings is 1. The van der Waals surface area contributed by atoms with Gasteiger partial charge in [-0.25, -0.2) is 0 Å². The topological polar surface area (TPSA) is 111 Å². The quantitative estimate of drug-likeness (QED) is 0.623.